The average Bonchev–Trinajstić information content (AvgIpc) is 2.42. The van der Waals surface area contributed by atoms with Gasteiger partial charge in [-0.05, 0) is 20.8 Å². The van der Waals surface area contributed by atoms with E-state index in [0.29, 0.717) is 19.8 Å². The number of carbonyl (C=O) groups excluding carboxylic acids is 1. The minimum absolute atomic E-state index is 0.00464. The van der Waals surface area contributed by atoms with Crippen molar-refractivity contribution in [3.8, 4) is 6.07 Å². The Labute approximate surface area is 84.4 Å². The molecule has 0 amide bonds. The summed E-state index contributed by atoms with van der Waals surface area (Å²) in [6.45, 7) is 7.17. The highest BCUT2D eigenvalue weighted by Gasteiger charge is 2.31. The van der Waals surface area contributed by atoms with E-state index in [9.17, 15) is 4.79 Å². The lowest BCUT2D eigenvalue weighted by Gasteiger charge is -2.23. The number of likely N-dealkylation sites (tertiary alicyclic amines) is 1. The Morgan fingerprint density at radius 3 is 2.71 bits per heavy atom. The summed E-state index contributed by atoms with van der Waals surface area (Å²) < 4.78 is 5.52. The first-order chi connectivity index (χ1) is 6.42. The molecule has 4 heteroatoms. The second-order valence-corrected chi connectivity index (χ2v) is 4.55. The van der Waals surface area contributed by atoms with Crippen molar-refractivity contribution >= 4 is 5.78 Å². The highest BCUT2D eigenvalue weighted by atomic mass is 16.5. The smallest absolute Gasteiger partial charge is 0.165 e. The predicted octanol–water partition coefficient (Wildman–Crippen LogP) is 0.783. The Morgan fingerprint density at radius 1 is 1.64 bits per heavy atom. The normalized spacial score (nSPS) is 23.9. The Balaban J connectivity index is 2.37. The van der Waals surface area contributed by atoms with Crippen LogP contribution in [0.3, 0.4) is 0 Å². The van der Waals surface area contributed by atoms with Gasteiger partial charge in [0.2, 0.25) is 0 Å². The van der Waals surface area contributed by atoms with Crippen LogP contribution in [0.25, 0.3) is 0 Å². The molecule has 1 saturated heterocycles. The topological polar surface area (TPSA) is 53.3 Å². The SMILES string of the molecule is CC(C)(C)OCN1CC(=O)C(C#N)C1. The molecule has 0 aliphatic carbocycles. The fourth-order valence-corrected chi connectivity index (χ4v) is 1.25. The van der Waals surface area contributed by atoms with Crippen molar-refractivity contribution < 1.29 is 9.53 Å². The Hall–Kier alpha value is -0.920. The van der Waals surface area contributed by atoms with Gasteiger partial charge in [-0.2, -0.15) is 5.26 Å². The molecule has 0 aromatic carbocycles. The lowest BCUT2D eigenvalue weighted by molar-refractivity contribution is -0.119. The van der Waals surface area contributed by atoms with E-state index in [4.69, 9.17) is 10.00 Å². The maximum Gasteiger partial charge on any atom is 0.165 e. The Kier molecular flexibility index (Phi) is 3.25. The van der Waals surface area contributed by atoms with Crippen LogP contribution in [0.2, 0.25) is 0 Å². The number of Topliss-reactive ketones (excluding diaryl/α,β-unsaturated/α-hetero) is 1. The summed E-state index contributed by atoms with van der Waals surface area (Å²) in [5, 5.41) is 8.64. The van der Waals surface area contributed by atoms with Gasteiger partial charge in [0, 0.05) is 6.54 Å². The molecule has 0 spiro atoms. The maximum atomic E-state index is 11.2. The predicted molar refractivity (Wildman–Crippen MR) is 51.4 cm³/mol. The monoisotopic (exact) mass is 196 g/mol. The Bertz CT molecular complexity index is 262. The molecule has 1 fully saturated rings. The van der Waals surface area contributed by atoms with Gasteiger partial charge in [0.1, 0.15) is 12.6 Å². The maximum absolute atomic E-state index is 11.2. The number of rotatable bonds is 2. The van der Waals surface area contributed by atoms with Gasteiger partial charge in [0.15, 0.2) is 5.78 Å². The van der Waals surface area contributed by atoms with E-state index in [0.717, 1.165) is 0 Å². The number of nitrogens with zero attached hydrogens (tertiary/aromatic N) is 2. The van der Waals surface area contributed by atoms with Crippen LogP contribution in [0.4, 0.5) is 0 Å². The molecule has 0 aromatic heterocycles. The van der Waals surface area contributed by atoms with E-state index in [1.54, 1.807) is 0 Å². The van der Waals surface area contributed by atoms with Gasteiger partial charge < -0.3 is 4.74 Å². The fourth-order valence-electron chi connectivity index (χ4n) is 1.25. The average molecular weight is 196 g/mol. The molecule has 1 heterocycles. The number of ketones is 1. The van der Waals surface area contributed by atoms with E-state index in [1.165, 1.54) is 0 Å². The molecule has 0 radical (unpaired) electrons. The molecule has 0 saturated carbocycles. The third kappa shape index (κ3) is 3.09. The highest BCUT2D eigenvalue weighted by molar-refractivity contribution is 5.87. The summed E-state index contributed by atoms with van der Waals surface area (Å²) in [5.41, 5.74) is -0.201. The molecule has 1 aliphatic rings. The Morgan fingerprint density at radius 2 is 2.29 bits per heavy atom. The van der Waals surface area contributed by atoms with Crippen LogP contribution in [-0.2, 0) is 9.53 Å². The zero-order valence-electron chi connectivity index (χ0n) is 8.91. The summed E-state index contributed by atoms with van der Waals surface area (Å²) in [7, 11) is 0. The first-order valence-electron chi connectivity index (χ1n) is 4.71. The summed E-state index contributed by atoms with van der Waals surface area (Å²) in [4.78, 5) is 13.1. The van der Waals surface area contributed by atoms with Crippen LogP contribution < -0.4 is 0 Å². The molecular weight excluding hydrogens is 180 g/mol. The van der Waals surface area contributed by atoms with Gasteiger partial charge in [-0.25, -0.2) is 0 Å². The summed E-state index contributed by atoms with van der Waals surface area (Å²) in [5.74, 6) is -0.455. The van der Waals surface area contributed by atoms with Gasteiger partial charge in [-0.1, -0.05) is 0 Å². The van der Waals surface area contributed by atoms with Crippen LogP contribution in [-0.4, -0.2) is 36.1 Å². The van der Waals surface area contributed by atoms with E-state index in [1.807, 2.05) is 31.7 Å². The van der Waals surface area contributed by atoms with Gasteiger partial charge >= 0.3 is 0 Å². The molecule has 0 aromatic rings. The molecule has 1 rings (SSSR count). The zero-order chi connectivity index (χ0) is 10.8. The molecule has 0 bridgehead atoms. The molecule has 0 N–H and O–H groups in total. The third-order valence-corrected chi connectivity index (χ3v) is 2.04. The second kappa shape index (κ2) is 4.07. The van der Waals surface area contributed by atoms with Crippen LogP contribution in [0, 0.1) is 17.2 Å². The minimum atomic E-state index is -0.460. The molecule has 4 nitrogen and oxygen atoms in total. The van der Waals surface area contributed by atoms with Crippen LogP contribution in [0.15, 0.2) is 0 Å². The number of carbonyl (C=O) groups is 1. The van der Waals surface area contributed by atoms with Crippen molar-refractivity contribution in [3.63, 3.8) is 0 Å². The van der Waals surface area contributed by atoms with E-state index in [2.05, 4.69) is 0 Å². The van der Waals surface area contributed by atoms with Gasteiger partial charge in [-0.3, -0.25) is 9.69 Å². The second-order valence-electron chi connectivity index (χ2n) is 4.55. The molecule has 14 heavy (non-hydrogen) atoms. The number of hydrogen-bond donors (Lipinski definition) is 0. The van der Waals surface area contributed by atoms with E-state index in [-0.39, 0.29) is 11.4 Å². The number of hydrogen-bond acceptors (Lipinski definition) is 4. The summed E-state index contributed by atoms with van der Waals surface area (Å²) in [6.07, 6.45) is 0. The van der Waals surface area contributed by atoms with Crippen LogP contribution >= 0.6 is 0 Å². The quantitative estimate of drug-likeness (QED) is 0.655. The number of nitriles is 1. The van der Waals surface area contributed by atoms with Crippen molar-refractivity contribution in [1.82, 2.24) is 4.90 Å². The van der Waals surface area contributed by atoms with Crippen molar-refractivity contribution in [2.45, 2.75) is 26.4 Å². The minimum Gasteiger partial charge on any atom is -0.360 e. The van der Waals surface area contributed by atoms with Gasteiger partial charge in [-0.15, -0.1) is 0 Å². The van der Waals surface area contributed by atoms with Crippen molar-refractivity contribution in [3.05, 3.63) is 0 Å². The van der Waals surface area contributed by atoms with Crippen molar-refractivity contribution in [2.24, 2.45) is 5.92 Å². The molecular formula is C10H16N2O2. The molecule has 78 valence electrons. The summed E-state index contributed by atoms with van der Waals surface area (Å²) in [6, 6.07) is 1.99. The molecule has 1 unspecified atom stereocenters. The summed E-state index contributed by atoms with van der Waals surface area (Å²) >= 11 is 0. The van der Waals surface area contributed by atoms with Crippen LogP contribution in [0.5, 0.6) is 0 Å². The molecule has 1 aliphatic heterocycles. The standard InChI is InChI=1S/C10H16N2O2/c1-10(2,3)14-7-12-5-8(4-11)9(13)6-12/h8H,5-7H2,1-3H3. The lowest BCUT2D eigenvalue weighted by Crippen LogP contribution is -2.30. The molecule has 1 atom stereocenters. The zero-order valence-corrected chi connectivity index (χ0v) is 8.91. The largest absolute Gasteiger partial charge is 0.360 e. The first-order valence-corrected chi connectivity index (χ1v) is 4.71. The van der Waals surface area contributed by atoms with Crippen molar-refractivity contribution in [1.29, 1.82) is 5.26 Å². The third-order valence-electron chi connectivity index (χ3n) is 2.04. The highest BCUT2D eigenvalue weighted by Crippen LogP contribution is 2.14. The van der Waals surface area contributed by atoms with Gasteiger partial charge in [0.25, 0.3) is 0 Å². The van der Waals surface area contributed by atoms with E-state index >= 15 is 0 Å². The first kappa shape index (κ1) is 11.2. The number of ether oxygens (including phenoxy) is 1. The fraction of sp³-hybridized carbons (Fsp3) is 0.800. The van der Waals surface area contributed by atoms with Gasteiger partial charge in [0.05, 0.1) is 18.2 Å². The lowest BCUT2D eigenvalue weighted by atomic mass is 10.1. The van der Waals surface area contributed by atoms with Crippen LogP contribution in [0.1, 0.15) is 20.8 Å². The van der Waals surface area contributed by atoms with Crippen molar-refractivity contribution in [2.75, 3.05) is 19.8 Å². The van der Waals surface area contributed by atoms with E-state index < -0.39 is 5.92 Å².